The zero-order chi connectivity index (χ0) is 15.3. The fraction of sp³-hybridized carbons (Fsp3) is 0.714. The van der Waals surface area contributed by atoms with Gasteiger partial charge in [-0.3, -0.25) is 0 Å². The van der Waals surface area contributed by atoms with Gasteiger partial charge < -0.3 is 10.3 Å². The van der Waals surface area contributed by atoms with E-state index in [0.717, 1.165) is 25.1 Å². The summed E-state index contributed by atoms with van der Waals surface area (Å²) in [6.45, 7) is 4.05. The lowest BCUT2D eigenvalue weighted by molar-refractivity contribution is 0.551. The number of hydrogen-bond donors (Lipinski definition) is 3. The minimum Gasteiger partial charge on any atom is -0.363 e. The van der Waals surface area contributed by atoms with Crippen LogP contribution in [-0.4, -0.2) is 37.5 Å². The zero-order valence-corrected chi connectivity index (χ0v) is 14.4. The average molecular weight is 332 g/mol. The Bertz CT molecular complexity index is 548. The quantitative estimate of drug-likeness (QED) is 0.682. The van der Waals surface area contributed by atoms with E-state index in [2.05, 4.69) is 21.3 Å². The summed E-state index contributed by atoms with van der Waals surface area (Å²) in [5.41, 5.74) is 0.887. The maximum absolute atomic E-state index is 12.4. The minimum absolute atomic E-state index is 0.0793. The van der Waals surface area contributed by atoms with Crippen LogP contribution in [0.4, 0.5) is 0 Å². The van der Waals surface area contributed by atoms with Crippen LogP contribution in [-0.2, 0) is 16.6 Å². The van der Waals surface area contributed by atoms with Gasteiger partial charge in [0.05, 0.1) is 4.90 Å². The lowest BCUT2D eigenvalue weighted by Gasteiger charge is -2.26. The van der Waals surface area contributed by atoms with Crippen LogP contribution in [0, 0.1) is 0 Å². The molecule has 120 valence electrons. The van der Waals surface area contributed by atoms with Crippen LogP contribution < -0.4 is 10.0 Å². The predicted octanol–water partition coefficient (Wildman–Crippen LogP) is 2.08. The monoisotopic (exact) mass is 331 g/mol. The fourth-order valence-corrected chi connectivity index (χ4v) is 4.87. The summed E-state index contributed by atoms with van der Waals surface area (Å²) < 4.78 is 27.6. The average Bonchev–Trinajstić information content (AvgIpc) is 3.13. The van der Waals surface area contributed by atoms with Gasteiger partial charge in [-0.1, -0.05) is 19.8 Å². The molecule has 0 saturated heterocycles. The predicted molar refractivity (Wildman–Crippen MR) is 88.1 cm³/mol. The first-order valence-electron chi connectivity index (χ1n) is 7.44. The van der Waals surface area contributed by atoms with E-state index in [9.17, 15) is 8.42 Å². The van der Waals surface area contributed by atoms with Crippen molar-refractivity contribution < 1.29 is 8.42 Å². The van der Waals surface area contributed by atoms with Crippen molar-refractivity contribution in [3.8, 4) is 0 Å². The van der Waals surface area contributed by atoms with E-state index in [1.165, 1.54) is 12.8 Å². The highest BCUT2D eigenvalue weighted by molar-refractivity contribution is 8.00. The summed E-state index contributed by atoms with van der Waals surface area (Å²) in [5, 5.41) is 3.17. The molecule has 1 aromatic rings. The van der Waals surface area contributed by atoms with Crippen molar-refractivity contribution in [2.24, 2.45) is 0 Å². The molecule has 0 atom stereocenters. The van der Waals surface area contributed by atoms with Crippen molar-refractivity contribution in [3.63, 3.8) is 0 Å². The summed E-state index contributed by atoms with van der Waals surface area (Å²) in [6.07, 6.45) is 8.21. The van der Waals surface area contributed by atoms with E-state index >= 15 is 0 Å². The molecule has 0 spiro atoms. The topological polar surface area (TPSA) is 74.0 Å². The van der Waals surface area contributed by atoms with Gasteiger partial charge in [-0.2, -0.15) is 11.8 Å². The Morgan fingerprint density at radius 3 is 2.71 bits per heavy atom. The SMILES string of the molecule is CCNCc1cc(S(=O)(=O)NCC2(SC)CCCC2)c[nH]1. The molecule has 1 aromatic heterocycles. The van der Waals surface area contributed by atoms with Gasteiger partial charge in [0.2, 0.25) is 10.0 Å². The molecule has 3 N–H and O–H groups in total. The van der Waals surface area contributed by atoms with Crippen LogP contribution in [0.3, 0.4) is 0 Å². The molecular weight excluding hydrogens is 306 g/mol. The highest BCUT2D eigenvalue weighted by Crippen LogP contribution is 2.39. The van der Waals surface area contributed by atoms with Crippen molar-refractivity contribution >= 4 is 21.8 Å². The highest BCUT2D eigenvalue weighted by atomic mass is 32.2. The van der Waals surface area contributed by atoms with Crippen LogP contribution in [0.5, 0.6) is 0 Å². The highest BCUT2D eigenvalue weighted by Gasteiger charge is 2.34. The molecule has 21 heavy (non-hydrogen) atoms. The van der Waals surface area contributed by atoms with Gasteiger partial charge in [0.1, 0.15) is 0 Å². The number of aromatic nitrogens is 1. The molecule has 0 bridgehead atoms. The molecule has 0 radical (unpaired) electrons. The third kappa shape index (κ3) is 4.25. The second kappa shape index (κ2) is 7.17. The maximum Gasteiger partial charge on any atom is 0.242 e. The Morgan fingerprint density at radius 2 is 2.10 bits per heavy atom. The summed E-state index contributed by atoms with van der Waals surface area (Å²) in [6, 6.07) is 1.70. The fourth-order valence-electron chi connectivity index (χ4n) is 2.72. The normalized spacial score (nSPS) is 18.2. The van der Waals surface area contributed by atoms with E-state index in [1.54, 1.807) is 24.0 Å². The van der Waals surface area contributed by atoms with Gasteiger partial charge in [-0.05, 0) is 31.7 Å². The summed E-state index contributed by atoms with van der Waals surface area (Å²) >= 11 is 1.79. The summed E-state index contributed by atoms with van der Waals surface area (Å²) in [4.78, 5) is 3.34. The van der Waals surface area contributed by atoms with Gasteiger partial charge in [0, 0.05) is 29.7 Å². The van der Waals surface area contributed by atoms with Crippen molar-refractivity contribution in [3.05, 3.63) is 18.0 Å². The maximum atomic E-state index is 12.4. The minimum atomic E-state index is -3.42. The molecule has 2 rings (SSSR count). The molecule has 7 heteroatoms. The van der Waals surface area contributed by atoms with Crippen LogP contribution in [0.1, 0.15) is 38.3 Å². The summed E-state index contributed by atoms with van der Waals surface area (Å²) in [7, 11) is -3.42. The zero-order valence-electron chi connectivity index (χ0n) is 12.7. The van der Waals surface area contributed by atoms with E-state index in [1.807, 2.05) is 6.92 Å². The Kier molecular flexibility index (Phi) is 5.76. The largest absolute Gasteiger partial charge is 0.363 e. The molecule has 1 heterocycles. The number of thioether (sulfide) groups is 1. The van der Waals surface area contributed by atoms with Gasteiger partial charge >= 0.3 is 0 Å². The van der Waals surface area contributed by atoms with Crippen molar-refractivity contribution in [2.45, 2.75) is 48.8 Å². The number of aromatic amines is 1. The molecular formula is C14H25N3O2S2. The van der Waals surface area contributed by atoms with Crippen LogP contribution in [0.25, 0.3) is 0 Å². The molecule has 5 nitrogen and oxygen atoms in total. The Morgan fingerprint density at radius 1 is 1.38 bits per heavy atom. The van der Waals surface area contributed by atoms with Gasteiger partial charge in [-0.15, -0.1) is 0 Å². The Hall–Kier alpha value is -0.500. The van der Waals surface area contributed by atoms with E-state index in [-0.39, 0.29) is 4.75 Å². The van der Waals surface area contributed by atoms with E-state index < -0.39 is 10.0 Å². The first kappa shape index (κ1) is 16.9. The van der Waals surface area contributed by atoms with Gasteiger partial charge in [0.25, 0.3) is 0 Å². The van der Waals surface area contributed by atoms with E-state index in [0.29, 0.717) is 18.0 Å². The lowest BCUT2D eigenvalue weighted by Crippen LogP contribution is -2.38. The molecule has 1 aliphatic carbocycles. The molecule has 0 unspecified atom stereocenters. The molecule has 0 aromatic carbocycles. The lowest BCUT2D eigenvalue weighted by atomic mass is 10.1. The number of rotatable bonds is 8. The van der Waals surface area contributed by atoms with Gasteiger partial charge in [0.15, 0.2) is 0 Å². The number of nitrogens with one attached hydrogen (secondary N) is 3. The molecule has 1 aliphatic rings. The Balaban J connectivity index is 1.99. The van der Waals surface area contributed by atoms with E-state index in [4.69, 9.17) is 0 Å². The van der Waals surface area contributed by atoms with Crippen LogP contribution in [0.2, 0.25) is 0 Å². The van der Waals surface area contributed by atoms with Crippen LogP contribution in [0.15, 0.2) is 17.2 Å². The first-order chi connectivity index (χ1) is 10.0. The molecule has 0 aliphatic heterocycles. The standard InChI is InChI=1S/C14H25N3O2S2/c1-3-15-9-12-8-13(10-16-12)21(18,19)17-11-14(20-2)6-4-5-7-14/h8,10,15-17H,3-7,9,11H2,1-2H3. The second-order valence-corrected chi connectivity index (χ2v) is 8.60. The molecule has 1 fully saturated rings. The first-order valence-corrected chi connectivity index (χ1v) is 10.1. The van der Waals surface area contributed by atoms with Crippen molar-refractivity contribution in [2.75, 3.05) is 19.3 Å². The van der Waals surface area contributed by atoms with Gasteiger partial charge in [-0.25, -0.2) is 13.1 Å². The van der Waals surface area contributed by atoms with Crippen LogP contribution >= 0.6 is 11.8 Å². The smallest absolute Gasteiger partial charge is 0.242 e. The number of hydrogen-bond acceptors (Lipinski definition) is 4. The van der Waals surface area contributed by atoms with Crippen molar-refractivity contribution in [1.29, 1.82) is 0 Å². The van der Waals surface area contributed by atoms with Crippen molar-refractivity contribution in [1.82, 2.24) is 15.0 Å². The summed E-state index contributed by atoms with van der Waals surface area (Å²) in [5.74, 6) is 0. The number of sulfonamides is 1. The third-order valence-corrected chi connectivity index (χ3v) is 6.92. The second-order valence-electron chi connectivity index (χ2n) is 5.56. The Labute approximate surface area is 131 Å². The molecule has 0 amide bonds. The molecule has 1 saturated carbocycles. The number of H-pyrrole nitrogens is 1. The third-order valence-electron chi connectivity index (χ3n) is 4.12.